The summed E-state index contributed by atoms with van der Waals surface area (Å²) in [4.78, 5) is 11.3. The molecule has 0 spiro atoms. The molecule has 0 saturated heterocycles. The van der Waals surface area contributed by atoms with E-state index in [1.165, 1.54) is 32.1 Å². The van der Waals surface area contributed by atoms with Gasteiger partial charge in [-0.15, -0.1) is 0 Å². The van der Waals surface area contributed by atoms with Crippen LogP contribution in [0, 0.1) is 0 Å². The summed E-state index contributed by atoms with van der Waals surface area (Å²) < 4.78 is 30.9. The van der Waals surface area contributed by atoms with Crippen LogP contribution in [0.25, 0.3) is 0 Å². The van der Waals surface area contributed by atoms with Gasteiger partial charge in [-0.1, -0.05) is 58.3 Å². The molecule has 0 fully saturated rings. The average Bonchev–Trinajstić information content (AvgIpc) is 2.43. The van der Waals surface area contributed by atoms with Crippen molar-refractivity contribution in [2.24, 2.45) is 5.73 Å². The second-order valence-corrected chi connectivity index (χ2v) is 6.27. The molecule has 0 aromatic carbocycles. The van der Waals surface area contributed by atoms with Gasteiger partial charge in [0.15, 0.2) is 0 Å². The number of hydrogen-bond donors (Lipinski definition) is 1. The first-order valence-corrected chi connectivity index (χ1v) is 9.17. The van der Waals surface area contributed by atoms with Crippen LogP contribution >= 0.6 is 0 Å². The van der Waals surface area contributed by atoms with Crippen molar-refractivity contribution in [3.63, 3.8) is 0 Å². The van der Waals surface area contributed by atoms with Crippen molar-refractivity contribution in [1.82, 2.24) is 0 Å². The van der Waals surface area contributed by atoms with Crippen molar-refractivity contribution in [3.05, 3.63) is 0 Å². The van der Waals surface area contributed by atoms with Crippen LogP contribution < -0.4 is 5.73 Å². The largest absolute Gasteiger partial charge is 0.451 e. The molecule has 0 rings (SSSR count). The molecule has 6 nitrogen and oxygen atoms in total. The summed E-state index contributed by atoms with van der Waals surface area (Å²) in [6, 6.07) is 0. The summed E-state index contributed by atoms with van der Waals surface area (Å²) in [6.07, 6.45) is 10.2. The maximum atomic E-state index is 11.3. The Kier molecular flexibility index (Phi) is 12.6. The second kappa shape index (κ2) is 13.0. The zero-order valence-electron chi connectivity index (χ0n) is 13.0. The van der Waals surface area contributed by atoms with E-state index >= 15 is 0 Å². The highest BCUT2D eigenvalue weighted by molar-refractivity contribution is 7.82. The third kappa shape index (κ3) is 14.1. The number of hydrogen-bond acceptors (Lipinski definition) is 6. The standard InChI is InChI=1S/C14H29NO5S/c1-2-3-4-5-6-7-8-9-10-11-14(16)20-21(17,18)19-13-12-15/h2-13,15H2,1H3. The molecule has 0 aromatic heterocycles. The lowest BCUT2D eigenvalue weighted by atomic mass is 10.1. The van der Waals surface area contributed by atoms with E-state index in [2.05, 4.69) is 15.3 Å². The van der Waals surface area contributed by atoms with Gasteiger partial charge in [-0.05, 0) is 6.42 Å². The van der Waals surface area contributed by atoms with Crippen molar-refractivity contribution in [2.75, 3.05) is 13.2 Å². The number of carbonyl (C=O) groups excluding carboxylic acids is 1. The third-order valence-corrected chi connectivity index (χ3v) is 3.87. The Morgan fingerprint density at radius 3 is 2.00 bits per heavy atom. The Labute approximate surface area is 128 Å². The van der Waals surface area contributed by atoms with Gasteiger partial charge in [-0.25, -0.2) is 4.18 Å². The Hall–Kier alpha value is -0.660. The molecule has 0 aromatic rings. The lowest BCUT2D eigenvalue weighted by Gasteiger charge is -2.05. The van der Waals surface area contributed by atoms with Gasteiger partial charge in [0.05, 0.1) is 6.61 Å². The average molecular weight is 323 g/mol. The second-order valence-electron chi connectivity index (χ2n) is 5.05. The van der Waals surface area contributed by atoms with Gasteiger partial charge in [0.1, 0.15) is 0 Å². The van der Waals surface area contributed by atoms with Crippen LogP contribution in [0.4, 0.5) is 0 Å². The molecule has 0 radical (unpaired) electrons. The predicted molar refractivity (Wildman–Crippen MR) is 81.9 cm³/mol. The fraction of sp³-hybridized carbons (Fsp3) is 0.929. The number of carbonyl (C=O) groups is 1. The maximum Gasteiger partial charge on any atom is 0.451 e. The first kappa shape index (κ1) is 20.3. The molecule has 0 amide bonds. The van der Waals surface area contributed by atoms with E-state index in [1.807, 2.05) is 0 Å². The lowest BCUT2D eigenvalue weighted by Crippen LogP contribution is -2.19. The van der Waals surface area contributed by atoms with Gasteiger partial charge in [-0.2, -0.15) is 8.42 Å². The Balaban J connectivity index is 3.49. The van der Waals surface area contributed by atoms with Crippen LogP contribution in [-0.2, 0) is 23.6 Å². The number of nitrogens with two attached hydrogens (primary N) is 1. The molecular formula is C14H29NO5S. The van der Waals surface area contributed by atoms with Crippen molar-refractivity contribution in [2.45, 2.75) is 71.1 Å². The van der Waals surface area contributed by atoms with Gasteiger partial charge < -0.3 is 9.92 Å². The molecule has 2 N–H and O–H groups in total. The van der Waals surface area contributed by atoms with Crippen LogP contribution in [0.15, 0.2) is 0 Å². The molecule has 0 aliphatic heterocycles. The lowest BCUT2D eigenvalue weighted by molar-refractivity contribution is -0.134. The molecule has 0 atom stereocenters. The zero-order valence-corrected chi connectivity index (χ0v) is 13.8. The van der Waals surface area contributed by atoms with Crippen LogP contribution in [0.3, 0.4) is 0 Å². The van der Waals surface area contributed by atoms with Gasteiger partial charge in [-0.3, -0.25) is 4.79 Å². The highest BCUT2D eigenvalue weighted by Gasteiger charge is 2.17. The summed E-state index contributed by atoms with van der Waals surface area (Å²) in [5, 5.41) is 0. The smallest absolute Gasteiger partial charge is 0.328 e. The Morgan fingerprint density at radius 1 is 0.952 bits per heavy atom. The molecule has 0 heterocycles. The SMILES string of the molecule is CCCCCCCCCCCC(=O)OS(=O)(=O)OCCN. The quantitative estimate of drug-likeness (QED) is 0.494. The van der Waals surface area contributed by atoms with Crippen LogP contribution in [0.1, 0.15) is 71.1 Å². The minimum atomic E-state index is -4.23. The monoisotopic (exact) mass is 323 g/mol. The van der Waals surface area contributed by atoms with Gasteiger partial charge in [0.25, 0.3) is 0 Å². The normalized spacial score (nSPS) is 11.5. The highest BCUT2D eigenvalue weighted by atomic mass is 32.3. The van der Waals surface area contributed by atoms with E-state index in [9.17, 15) is 13.2 Å². The minimum absolute atomic E-state index is 0.0506. The van der Waals surface area contributed by atoms with Crippen molar-refractivity contribution in [1.29, 1.82) is 0 Å². The molecule has 21 heavy (non-hydrogen) atoms. The van der Waals surface area contributed by atoms with Crippen LogP contribution in [0.5, 0.6) is 0 Å². The molecular weight excluding hydrogens is 294 g/mol. The third-order valence-electron chi connectivity index (χ3n) is 3.02. The van der Waals surface area contributed by atoms with Gasteiger partial charge in [0, 0.05) is 13.0 Å². The highest BCUT2D eigenvalue weighted by Crippen LogP contribution is 2.11. The van der Waals surface area contributed by atoms with Gasteiger partial charge >= 0.3 is 16.4 Å². The molecule has 7 heteroatoms. The Bertz CT molecular complexity index is 356. The number of rotatable bonds is 14. The van der Waals surface area contributed by atoms with Crippen LogP contribution in [0.2, 0.25) is 0 Å². The molecule has 0 unspecified atom stereocenters. The van der Waals surface area contributed by atoms with E-state index in [1.54, 1.807) is 0 Å². The molecule has 0 bridgehead atoms. The van der Waals surface area contributed by atoms with Crippen molar-refractivity contribution >= 4 is 16.4 Å². The van der Waals surface area contributed by atoms with Gasteiger partial charge in [0.2, 0.25) is 0 Å². The molecule has 0 aliphatic carbocycles. The first-order chi connectivity index (χ1) is 10.0. The van der Waals surface area contributed by atoms with E-state index < -0.39 is 16.4 Å². The van der Waals surface area contributed by atoms with E-state index in [0.717, 1.165) is 19.3 Å². The van der Waals surface area contributed by atoms with Crippen molar-refractivity contribution in [3.8, 4) is 0 Å². The summed E-state index contributed by atoms with van der Waals surface area (Å²) in [7, 11) is -4.23. The van der Waals surface area contributed by atoms with E-state index in [-0.39, 0.29) is 19.6 Å². The summed E-state index contributed by atoms with van der Waals surface area (Å²) in [6.45, 7) is 2.06. The van der Waals surface area contributed by atoms with Crippen LogP contribution in [-0.4, -0.2) is 27.5 Å². The molecule has 126 valence electrons. The maximum absolute atomic E-state index is 11.3. The topological polar surface area (TPSA) is 95.7 Å². The van der Waals surface area contributed by atoms with E-state index in [4.69, 9.17) is 5.73 Å². The fourth-order valence-electron chi connectivity index (χ4n) is 1.91. The van der Waals surface area contributed by atoms with E-state index in [0.29, 0.717) is 6.42 Å². The molecule has 0 saturated carbocycles. The summed E-state index contributed by atoms with van der Waals surface area (Å²) in [5.41, 5.74) is 5.10. The first-order valence-electron chi connectivity index (χ1n) is 7.83. The predicted octanol–water partition coefficient (Wildman–Crippen LogP) is 2.67. The minimum Gasteiger partial charge on any atom is -0.328 e. The number of unbranched alkanes of at least 4 members (excludes halogenated alkanes) is 8. The molecule has 0 aliphatic rings. The zero-order chi connectivity index (χ0) is 16.0. The summed E-state index contributed by atoms with van der Waals surface area (Å²) in [5.74, 6) is -0.769. The summed E-state index contributed by atoms with van der Waals surface area (Å²) >= 11 is 0. The van der Waals surface area contributed by atoms with Crippen molar-refractivity contribution < 1.29 is 21.6 Å². The Morgan fingerprint density at radius 2 is 1.48 bits per heavy atom. The fourth-order valence-corrected chi connectivity index (χ4v) is 2.57.